The first-order valence-electron chi connectivity index (χ1n) is 11.4. The topological polar surface area (TPSA) is 133 Å². The number of thiophene rings is 1. The van der Waals surface area contributed by atoms with Gasteiger partial charge >= 0.3 is 12.1 Å². The number of aromatic nitrogens is 1. The Bertz CT molecular complexity index is 1320. The summed E-state index contributed by atoms with van der Waals surface area (Å²) in [4.78, 5) is 31.0. The van der Waals surface area contributed by atoms with Crippen molar-refractivity contribution >= 4 is 52.1 Å². The molecule has 2 aromatic heterocycles. The Morgan fingerprint density at radius 1 is 1.23 bits per heavy atom. The van der Waals surface area contributed by atoms with Crippen LogP contribution >= 0.6 is 34.4 Å². The number of carboxylic acid groups (broad SMARTS) is 1. The van der Waals surface area contributed by atoms with Gasteiger partial charge in [-0.15, -0.1) is 34.4 Å². The number of hydrogen-bond acceptors (Lipinski definition) is 9. The van der Waals surface area contributed by atoms with Gasteiger partial charge in [0.1, 0.15) is 16.6 Å². The molecule has 3 aromatic rings. The molecule has 1 amide bonds. The molecule has 0 saturated carbocycles. The number of carboxylic acids is 1. The van der Waals surface area contributed by atoms with E-state index in [4.69, 9.17) is 30.8 Å². The molecule has 1 saturated heterocycles. The highest BCUT2D eigenvalue weighted by Crippen LogP contribution is 2.40. The van der Waals surface area contributed by atoms with Crippen molar-refractivity contribution in [3.05, 3.63) is 40.6 Å². The van der Waals surface area contributed by atoms with Crippen molar-refractivity contribution in [3.8, 4) is 27.6 Å². The van der Waals surface area contributed by atoms with Gasteiger partial charge in [-0.25, -0.2) is 9.78 Å². The van der Waals surface area contributed by atoms with Crippen LogP contribution in [0.5, 0.6) is 5.75 Å². The molecule has 1 aliphatic rings. The van der Waals surface area contributed by atoms with Gasteiger partial charge in [-0.05, 0) is 31.5 Å². The number of thioether (sulfide) groups is 1. The first-order valence-corrected chi connectivity index (χ1v) is 14.3. The molecule has 0 atom stereocenters. The number of piperazine rings is 1. The lowest BCUT2D eigenvalue weighted by Crippen LogP contribution is -2.48. The number of ether oxygens (including phenoxy) is 1. The number of amidine groups is 1. The molecule has 39 heavy (non-hydrogen) atoms. The number of benzene rings is 1. The third-order valence-corrected chi connectivity index (χ3v) is 8.65. The van der Waals surface area contributed by atoms with Gasteiger partial charge in [0.25, 0.3) is 5.91 Å². The maximum Gasteiger partial charge on any atom is 0.490 e. The minimum Gasteiger partial charge on any atom is -0.484 e. The number of aliphatic carboxylic acids is 1. The molecule has 9 nitrogen and oxygen atoms in total. The minimum atomic E-state index is -5.08. The number of halogens is 3. The van der Waals surface area contributed by atoms with Gasteiger partial charge in [-0.2, -0.15) is 13.2 Å². The highest BCUT2D eigenvalue weighted by atomic mass is 32.2. The zero-order valence-corrected chi connectivity index (χ0v) is 23.4. The second-order valence-electron chi connectivity index (χ2n) is 8.27. The lowest BCUT2D eigenvalue weighted by Gasteiger charge is -2.32. The fraction of sp³-hybridized carbons (Fsp3) is 0.333. The van der Waals surface area contributed by atoms with Gasteiger partial charge in [0.2, 0.25) is 0 Å². The molecule has 0 spiro atoms. The lowest BCUT2D eigenvalue weighted by atomic mass is 10.1. The van der Waals surface area contributed by atoms with E-state index in [1.807, 2.05) is 46.9 Å². The van der Waals surface area contributed by atoms with Crippen molar-refractivity contribution in [3.63, 3.8) is 0 Å². The first kappa shape index (κ1) is 30.4. The summed E-state index contributed by atoms with van der Waals surface area (Å²) in [5.74, 6) is -2.02. The zero-order chi connectivity index (χ0) is 28.7. The Hall–Kier alpha value is -3.14. The minimum absolute atomic E-state index is 0.0165. The number of rotatable bonds is 7. The molecule has 4 rings (SSSR count). The van der Waals surface area contributed by atoms with Crippen molar-refractivity contribution in [2.75, 3.05) is 46.1 Å². The summed E-state index contributed by atoms with van der Waals surface area (Å²) in [6.45, 7) is 3.31. The molecule has 0 bridgehead atoms. The van der Waals surface area contributed by atoms with Crippen LogP contribution < -0.4 is 10.5 Å². The molecular formula is C24H26F3N5O4S3. The highest BCUT2D eigenvalue weighted by molar-refractivity contribution is 8.00. The molecular weight excluding hydrogens is 575 g/mol. The number of nitrogens with two attached hydrogens (primary N) is 1. The smallest absolute Gasteiger partial charge is 0.484 e. The normalized spacial score (nSPS) is 13.9. The van der Waals surface area contributed by atoms with Crippen LogP contribution in [0.4, 0.5) is 13.2 Å². The number of carbonyl (C=O) groups excluding carboxylic acids is 1. The van der Waals surface area contributed by atoms with Crippen LogP contribution in [-0.2, 0) is 9.59 Å². The number of carbonyl (C=O) groups is 2. The van der Waals surface area contributed by atoms with E-state index in [1.165, 1.54) is 11.3 Å². The van der Waals surface area contributed by atoms with Crippen molar-refractivity contribution in [2.45, 2.75) is 10.4 Å². The number of thiazole rings is 1. The van der Waals surface area contributed by atoms with Crippen molar-refractivity contribution < 1.29 is 32.6 Å². The maximum absolute atomic E-state index is 12.5. The Morgan fingerprint density at radius 2 is 1.90 bits per heavy atom. The van der Waals surface area contributed by atoms with Gasteiger partial charge in [-0.3, -0.25) is 10.2 Å². The molecule has 1 aliphatic heterocycles. The van der Waals surface area contributed by atoms with Crippen molar-refractivity contribution in [1.82, 2.24) is 14.8 Å². The third-order valence-electron chi connectivity index (χ3n) is 5.47. The lowest BCUT2D eigenvalue weighted by molar-refractivity contribution is -0.192. The Morgan fingerprint density at radius 3 is 2.49 bits per heavy atom. The van der Waals surface area contributed by atoms with Crippen LogP contribution in [0.25, 0.3) is 21.8 Å². The van der Waals surface area contributed by atoms with Crippen molar-refractivity contribution in [2.24, 2.45) is 5.73 Å². The number of alkyl halides is 3. The summed E-state index contributed by atoms with van der Waals surface area (Å²) >= 11 is 4.70. The van der Waals surface area contributed by atoms with E-state index in [2.05, 4.69) is 11.9 Å². The van der Waals surface area contributed by atoms with Gasteiger partial charge < -0.3 is 25.4 Å². The summed E-state index contributed by atoms with van der Waals surface area (Å²) in [6, 6.07) is 9.61. The number of likely N-dealkylation sites (N-methyl/N-ethyl adjacent to an activating group) is 1. The van der Waals surface area contributed by atoms with Crippen molar-refractivity contribution in [1.29, 1.82) is 5.41 Å². The molecule has 1 aromatic carbocycles. The van der Waals surface area contributed by atoms with E-state index in [1.54, 1.807) is 23.1 Å². The average Bonchev–Trinajstić information content (AvgIpc) is 3.55. The van der Waals surface area contributed by atoms with E-state index in [9.17, 15) is 18.0 Å². The van der Waals surface area contributed by atoms with Crippen LogP contribution in [-0.4, -0.2) is 89.9 Å². The molecule has 4 N–H and O–H groups in total. The molecule has 1 fully saturated rings. The standard InChI is InChI=1S/C22H25N5O2S3.C2HF3O2/c1-26-6-8-27(9-7-26)19(28)12-29-15-5-3-4-14(10-15)17-13-31-21(25-17)16-11-18(20(23)24)32-22(16)30-2;3-2(4,5)1(6)7/h3-5,10-11,13H,6-9,12H2,1-2H3,(H3,23,24);(H,6,7). The molecule has 210 valence electrons. The highest BCUT2D eigenvalue weighted by Gasteiger charge is 2.38. The van der Waals surface area contributed by atoms with Crippen LogP contribution in [0, 0.1) is 5.41 Å². The third kappa shape index (κ3) is 8.42. The summed E-state index contributed by atoms with van der Waals surface area (Å²) in [5, 5.41) is 17.7. The Labute approximate surface area is 234 Å². The second-order valence-corrected chi connectivity index (χ2v) is 11.3. The zero-order valence-electron chi connectivity index (χ0n) is 20.9. The monoisotopic (exact) mass is 601 g/mol. The first-order chi connectivity index (χ1) is 18.4. The Balaban J connectivity index is 0.000000532. The summed E-state index contributed by atoms with van der Waals surface area (Å²) in [6.07, 6.45) is -3.07. The quantitative estimate of drug-likeness (QED) is 0.207. The van der Waals surface area contributed by atoms with Gasteiger partial charge in [-0.1, -0.05) is 12.1 Å². The van der Waals surface area contributed by atoms with E-state index in [-0.39, 0.29) is 18.3 Å². The van der Waals surface area contributed by atoms with E-state index < -0.39 is 12.1 Å². The summed E-state index contributed by atoms with van der Waals surface area (Å²) in [7, 11) is 2.07. The van der Waals surface area contributed by atoms with E-state index >= 15 is 0 Å². The number of amides is 1. The Kier molecular flexibility index (Phi) is 10.4. The summed E-state index contributed by atoms with van der Waals surface area (Å²) < 4.78 is 38.6. The number of nitrogens with zero attached hydrogens (tertiary/aromatic N) is 3. The largest absolute Gasteiger partial charge is 0.490 e. The van der Waals surface area contributed by atoms with Crippen LogP contribution in [0.15, 0.2) is 39.9 Å². The number of nitrogens with one attached hydrogen (secondary N) is 1. The SMILES string of the molecule is CSc1sc(C(=N)N)cc1-c1nc(-c2cccc(OCC(=O)N3CCN(C)CC3)c2)cs1.O=C(O)C(F)(F)F. The fourth-order valence-electron chi connectivity index (χ4n) is 3.38. The molecule has 0 unspecified atom stereocenters. The van der Waals surface area contributed by atoms with Gasteiger partial charge in [0.05, 0.1) is 14.8 Å². The number of hydrogen-bond donors (Lipinski definition) is 3. The van der Waals surface area contributed by atoms with Crippen LogP contribution in [0.1, 0.15) is 4.88 Å². The second kappa shape index (κ2) is 13.3. The molecule has 0 aliphatic carbocycles. The average molecular weight is 602 g/mol. The van der Waals surface area contributed by atoms with Gasteiger partial charge in [0, 0.05) is 42.7 Å². The predicted octanol–water partition coefficient (Wildman–Crippen LogP) is 4.33. The van der Waals surface area contributed by atoms with Crippen LogP contribution in [0.3, 0.4) is 0 Å². The molecule has 3 heterocycles. The van der Waals surface area contributed by atoms with E-state index in [0.29, 0.717) is 5.75 Å². The fourth-order valence-corrected chi connectivity index (χ4v) is 6.09. The summed E-state index contributed by atoms with van der Waals surface area (Å²) in [5.41, 5.74) is 8.46. The number of nitrogen functional groups attached to an aromatic ring is 1. The van der Waals surface area contributed by atoms with Crippen LogP contribution in [0.2, 0.25) is 0 Å². The van der Waals surface area contributed by atoms with Gasteiger partial charge in [0.15, 0.2) is 6.61 Å². The molecule has 0 radical (unpaired) electrons. The van der Waals surface area contributed by atoms with E-state index in [0.717, 1.165) is 57.1 Å². The maximum atomic E-state index is 12.5. The predicted molar refractivity (Wildman–Crippen MR) is 147 cm³/mol. The molecule has 15 heteroatoms.